The molecular weight excluding hydrogens is 550 g/mol. The van der Waals surface area contributed by atoms with Crippen molar-refractivity contribution < 1.29 is 52.5 Å². The summed E-state index contributed by atoms with van der Waals surface area (Å²) in [5.41, 5.74) is 3.59. The Morgan fingerprint density at radius 1 is 1.25 bits per heavy atom. The van der Waals surface area contributed by atoms with Gasteiger partial charge < -0.3 is 0 Å². The Balaban J connectivity index is 1.87. The second-order valence-corrected chi connectivity index (χ2v) is 8.73. The van der Waals surface area contributed by atoms with Crippen LogP contribution < -0.4 is 37.2 Å². The molecule has 0 saturated carbocycles. The fraction of sp³-hybridized carbons (Fsp3) is 0.471. The summed E-state index contributed by atoms with van der Waals surface area (Å²) in [6.45, 7) is 3.27. The first kappa shape index (κ1) is 22.7. The zero-order chi connectivity index (χ0) is 23.0. The van der Waals surface area contributed by atoms with Crippen LogP contribution in [0.1, 0.15) is 12.6 Å². The van der Waals surface area contributed by atoms with E-state index in [-0.39, 0.29) is 17.5 Å². The number of aromatic nitrogens is 4. The minimum absolute atomic E-state index is 0.0406. The second-order valence-electron chi connectivity index (χ2n) is 6.94. The molecule has 2 atom stereocenters. The van der Waals surface area contributed by atoms with Crippen LogP contribution in [0, 0.1) is 0 Å². The SMILES string of the molecule is C[C@H]1[C@H]([I-]O)OC(=O)N1c1cc(-c2cnc(N)nc2C(F)(F)F)nc(N2CCOCC2)n1. The number of anilines is 3. The van der Waals surface area contributed by atoms with Crippen LogP contribution in [0.3, 0.4) is 0 Å². The first-order valence-electron chi connectivity index (χ1n) is 9.38. The van der Waals surface area contributed by atoms with Gasteiger partial charge >= 0.3 is 191 Å². The van der Waals surface area contributed by atoms with E-state index in [1.54, 1.807) is 11.8 Å². The molecule has 2 saturated heterocycles. The zero-order valence-corrected chi connectivity index (χ0v) is 18.7. The van der Waals surface area contributed by atoms with Crippen LogP contribution in [0.2, 0.25) is 0 Å². The second kappa shape index (κ2) is 8.78. The van der Waals surface area contributed by atoms with Crippen LogP contribution in [0.4, 0.5) is 35.7 Å². The van der Waals surface area contributed by atoms with E-state index >= 15 is 0 Å². The average molecular weight is 568 g/mol. The van der Waals surface area contributed by atoms with E-state index in [0.29, 0.717) is 26.3 Å². The first-order valence-corrected chi connectivity index (χ1v) is 11.6. The van der Waals surface area contributed by atoms with E-state index in [2.05, 4.69) is 19.9 Å². The summed E-state index contributed by atoms with van der Waals surface area (Å²) in [6.07, 6.45) is -4.63. The van der Waals surface area contributed by atoms with Gasteiger partial charge in [0.15, 0.2) is 0 Å². The van der Waals surface area contributed by atoms with E-state index in [1.807, 2.05) is 0 Å². The zero-order valence-electron chi connectivity index (χ0n) is 16.6. The number of nitrogen functional groups attached to an aromatic ring is 1. The summed E-state index contributed by atoms with van der Waals surface area (Å²) < 4.78 is 60.4. The maximum atomic E-state index is 13.7. The number of cyclic esters (lactones) is 1. The molecule has 0 aliphatic carbocycles. The van der Waals surface area contributed by atoms with Gasteiger partial charge in [0.05, 0.1) is 0 Å². The fourth-order valence-corrected chi connectivity index (χ4v) is 4.44. The summed E-state index contributed by atoms with van der Waals surface area (Å²) in [7, 11) is 0. The van der Waals surface area contributed by atoms with Gasteiger partial charge in [0.1, 0.15) is 0 Å². The number of nitrogens with two attached hydrogens (primary N) is 1. The molecule has 0 spiro atoms. The van der Waals surface area contributed by atoms with E-state index in [9.17, 15) is 21.4 Å². The predicted octanol–water partition coefficient (Wildman–Crippen LogP) is -1.96. The van der Waals surface area contributed by atoms with Gasteiger partial charge in [0.2, 0.25) is 0 Å². The number of hydrogen-bond acceptors (Lipinski definition) is 10. The molecule has 0 bridgehead atoms. The van der Waals surface area contributed by atoms with Gasteiger partial charge in [0.25, 0.3) is 0 Å². The Labute approximate surface area is 190 Å². The molecule has 15 heteroatoms. The van der Waals surface area contributed by atoms with Crippen LogP contribution >= 0.6 is 0 Å². The molecule has 2 aliphatic rings. The number of carbonyl (C=O) groups excluding carboxylic acids is 1. The van der Waals surface area contributed by atoms with Gasteiger partial charge in [-0.15, -0.1) is 0 Å². The topological polar surface area (TPSA) is 140 Å². The third-order valence-corrected chi connectivity index (χ3v) is 6.73. The Bertz CT molecular complexity index is 1020. The molecule has 0 aromatic carbocycles. The van der Waals surface area contributed by atoms with Crippen molar-refractivity contribution in [2.75, 3.05) is 41.8 Å². The summed E-state index contributed by atoms with van der Waals surface area (Å²) >= 11 is -1.42. The average Bonchev–Trinajstić information content (AvgIpc) is 3.06. The number of ether oxygens (including phenoxy) is 2. The van der Waals surface area contributed by atoms with Crippen molar-refractivity contribution in [2.24, 2.45) is 0 Å². The molecule has 174 valence electrons. The van der Waals surface area contributed by atoms with Crippen LogP contribution in [0.25, 0.3) is 11.3 Å². The number of hydrogen-bond donors (Lipinski definition) is 2. The number of morpholine rings is 1. The summed E-state index contributed by atoms with van der Waals surface area (Å²) in [4.78, 5) is 31.2. The molecule has 11 nitrogen and oxygen atoms in total. The molecular formula is C17H18F3IN7O4-. The summed E-state index contributed by atoms with van der Waals surface area (Å²) in [5.74, 6) is -0.373. The monoisotopic (exact) mass is 568 g/mol. The molecule has 2 fully saturated rings. The molecule has 4 heterocycles. The summed E-state index contributed by atoms with van der Waals surface area (Å²) in [6, 6.07) is 0.675. The van der Waals surface area contributed by atoms with Gasteiger partial charge in [-0.2, -0.15) is 0 Å². The van der Waals surface area contributed by atoms with Crippen LogP contribution in [-0.2, 0) is 15.7 Å². The fourth-order valence-electron chi connectivity index (χ4n) is 3.33. The summed E-state index contributed by atoms with van der Waals surface area (Å²) in [5, 5.41) is 0. The Morgan fingerprint density at radius 3 is 2.59 bits per heavy atom. The van der Waals surface area contributed by atoms with E-state index in [4.69, 9.17) is 15.2 Å². The Kier molecular flexibility index (Phi) is 6.22. The van der Waals surface area contributed by atoms with E-state index in [1.165, 1.54) is 11.0 Å². The normalized spacial score (nSPS) is 21.8. The van der Waals surface area contributed by atoms with Crippen molar-refractivity contribution in [3.63, 3.8) is 0 Å². The van der Waals surface area contributed by atoms with Gasteiger partial charge in [-0.05, 0) is 0 Å². The third-order valence-electron chi connectivity index (χ3n) is 4.89. The number of carbonyl (C=O) groups is 1. The number of rotatable bonds is 4. The minimum atomic E-state index is -4.82. The maximum absolute atomic E-state index is 13.7. The molecule has 2 aliphatic heterocycles. The quantitative estimate of drug-likeness (QED) is 0.316. The number of halogens is 4. The number of alkyl halides is 4. The molecule has 32 heavy (non-hydrogen) atoms. The molecule has 1 amide bonds. The standard InChI is InChI=1S/C17H18F3IN7O4/c1-8-13(21-30)32-16(29)28(8)11-6-10(24-15(25-11)27-2-4-31-5-3-27)9-7-23-14(22)26-12(9)17(18,19)20/h6-8,13,30H,2-5H2,1H3,(H2,22,23,26)/q-1/t8-,13+/m0/s1. The number of amides is 1. The van der Waals surface area contributed by atoms with Crippen LogP contribution in [0.15, 0.2) is 12.3 Å². The van der Waals surface area contributed by atoms with Crippen molar-refractivity contribution in [3.8, 4) is 11.3 Å². The van der Waals surface area contributed by atoms with Crippen molar-refractivity contribution >= 4 is 23.8 Å². The van der Waals surface area contributed by atoms with Crippen LogP contribution in [-0.4, -0.2) is 65.9 Å². The van der Waals surface area contributed by atoms with Gasteiger partial charge in [0, 0.05) is 0 Å². The van der Waals surface area contributed by atoms with Crippen molar-refractivity contribution in [1.29, 1.82) is 0 Å². The van der Waals surface area contributed by atoms with E-state index < -0.39 is 61.2 Å². The molecule has 2 aromatic heterocycles. The molecule has 0 radical (unpaired) electrons. The molecule has 4 rings (SSSR count). The molecule has 0 unspecified atom stereocenters. The predicted molar refractivity (Wildman–Crippen MR) is 99.9 cm³/mol. The van der Waals surface area contributed by atoms with Gasteiger partial charge in [-0.3, -0.25) is 0 Å². The van der Waals surface area contributed by atoms with Crippen molar-refractivity contribution in [2.45, 2.75) is 23.3 Å². The Hall–Kier alpha value is -2.53. The van der Waals surface area contributed by atoms with E-state index in [0.717, 1.165) is 6.20 Å². The number of nitrogens with zero attached hydrogens (tertiary/aromatic N) is 6. The van der Waals surface area contributed by atoms with Gasteiger partial charge in [-0.1, -0.05) is 0 Å². The Morgan fingerprint density at radius 2 is 1.97 bits per heavy atom. The first-order chi connectivity index (χ1) is 15.2. The van der Waals surface area contributed by atoms with Crippen LogP contribution in [0.5, 0.6) is 0 Å². The van der Waals surface area contributed by atoms with Crippen molar-refractivity contribution in [1.82, 2.24) is 19.9 Å². The third kappa shape index (κ3) is 4.36. The molecule has 3 N–H and O–H groups in total. The molecule has 2 aromatic rings. The van der Waals surface area contributed by atoms with Gasteiger partial charge in [-0.25, -0.2) is 0 Å². The van der Waals surface area contributed by atoms with Crippen molar-refractivity contribution in [3.05, 3.63) is 18.0 Å².